The van der Waals surface area contributed by atoms with Crippen LogP contribution in [0.1, 0.15) is 47.9 Å². The molecule has 3 aromatic rings. The normalized spacial score (nSPS) is 18.7. The first-order chi connectivity index (χ1) is 13.3. The Balaban J connectivity index is 1.78. The predicted octanol–water partition coefficient (Wildman–Crippen LogP) is 3.56. The van der Waals surface area contributed by atoms with Gasteiger partial charge in [-0.05, 0) is 38.0 Å². The average molecular weight is 392 g/mol. The van der Waals surface area contributed by atoms with Crippen LogP contribution in [0.3, 0.4) is 0 Å². The number of fused-ring (bicyclic) bond motifs is 1. The second kappa shape index (κ2) is 6.73. The summed E-state index contributed by atoms with van der Waals surface area (Å²) in [5.41, 5.74) is 0.621. The monoisotopic (exact) mass is 392 g/mol. The minimum absolute atomic E-state index is 0.0159. The minimum Gasteiger partial charge on any atom is -0.381 e. The van der Waals surface area contributed by atoms with E-state index in [4.69, 9.17) is 4.74 Å². The second-order valence-electron chi connectivity index (χ2n) is 7.04. The van der Waals surface area contributed by atoms with Gasteiger partial charge >= 0.3 is 6.18 Å². The fraction of sp³-hybridized carbons (Fsp3) is 0.421. The van der Waals surface area contributed by atoms with Crippen LogP contribution in [0.15, 0.2) is 29.1 Å². The van der Waals surface area contributed by atoms with Gasteiger partial charge in [-0.1, -0.05) is 12.1 Å². The van der Waals surface area contributed by atoms with E-state index in [2.05, 4.69) is 15.1 Å². The number of ether oxygens (including phenoxy) is 1. The van der Waals surface area contributed by atoms with E-state index in [1.165, 1.54) is 12.1 Å². The van der Waals surface area contributed by atoms with Crippen LogP contribution in [-0.2, 0) is 10.9 Å². The number of hydrogen-bond donors (Lipinski definition) is 1. The summed E-state index contributed by atoms with van der Waals surface area (Å²) in [6, 6.07) is 4.56. The fourth-order valence-electron chi connectivity index (χ4n) is 3.53. The Labute approximate surface area is 158 Å². The Kier molecular flexibility index (Phi) is 4.49. The standard InChI is InChI=1S/C19H19F3N4O2/c1-10-15-17(23-16(24-18(15)27)13-7-8-28-9-13)26(25-10)11(2)12-3-5-14(6-4-12)19(20,21)22/h3-6,11,13H,7-9H2,1-2H3,(H,23,24,27). The molecule has 0 bridgehead atoms. The molecule has 9 heteroatoms. The Bertz CT molecular complexity index is 1060. The third-order valence-electron chi connectivity index (χ3n) is 5.16. The number of aromatic amines is 1. The van der Waals surface area contributed by atoms with Crippen LogP contribution < -0.4 is 5.56 Å². The molecule has 1 aliphatic heterocycles. The maximum Gasteiger partial charge on any atom is 0.416 e. The number of halogens is 3. The fourth-order valence-corrected chi connectivity index (χ4v) is 3.53. The zero-order valence-electron chi connectivity index (χ0n) is 15.4. The highest BCUT2D eigenvalue weighted by Crippen LogP contribution is 2.31. The lowest BCUT2D eigenvalue weighted by Crippen LogP contribution is -2.17. The molecule has 148 valence electrons. The molecule has 1 aromatic carbocycles. The van der Waals surface area contributed by atoms with Crippen LogP contribution in [0.4, 0.5) is 13.2 Å². The van der Waals surface area contributed by atoms with Gasteiger partial charge in [0, 0.05) is 12.5 Å². The van der Waals surface area contributed by atoms with Gasteiger partial charge in [0.05, 0.1) is 23.9 Å². The summed E-state index contributed by atoms with van der Waals surface area (Å²) in [4.78, 5) is 20.0. The molecule has 0 amide bonds. The molecule has 0 radical (unpaired) electrons. The van der Waals surface area contributed by atoms with Crippen molar-refractivity contribution in [3.8, 4) is 0 Å². The van der Waals surface area contributed by atoms with Gasteiger partial charge in [0.25, 0.3) is 5.56 Å². The van der Waals surface area contributed by atoms with Crippen molar-refractivity contribution < 1.29 is 17.9 Å². The number of alkyl halides is 3. The predicted molar refractivity (Wildman–Crippen MR) is 96.3 cm³/mol. The third kappa shape index (κ3) is 3.19. The van der Waals surface area contributed by atoms with Crippen LogP contribution in [0.5, 0.6) is 0 Å². The molecule has 1 aliphatic rings. The topological polar surface area (TPSA) is 72.8 Å². The Morgan fingerprint density at radius 1 is 1.29 bits per heavy atom. The van der Waals surface area contributed by atoms with E-state index in [0.717, 1.165) is 18.6 Å². The quantitative estimate of drug-likeness (QED) is 0.740. The summed E-state index contributed by atoms with van der Waals surface area (Å²) < 4.78 is 45.4. The van der Waals surface area contributed by atoms with Gasteiger partial charge in [-0.2, -0.15) is 18.3 Å². The molecule has 6 nitrogen and oxygen atoms in total. The lowest BCUT2D eigenvalue weighted by molar-refractivity contribution is -0.137. The first kappa shape index (κ1) is 18.7. The molecule has 0 aliphatic carbocycles. The summed E-state index contributed by atoms with van der Waals surface area (Å²) in [7, 11) is 0. The average Bonchev–Trinajstić information content (AvgIpc) is 3.29. The maximum atomic E-state index is 12.8. The number of benzene rings is 1. The van der Waals surface area contributed by atoms with Crippen molar-refractivity contribution in [1.29, 1.82) is 0 Å². The van der Waals surface area contributed by atoms with Crippen molar-refractivity contribution >= 4 is 11.0 Å². The van der Waals surface area contributed by atoms with Crippen molar-refractivity contribution in [3.63, 3.8) is 0 Å². The summed E-state index contributed by atoms with van der Waals surface area (Å²) in [6.45, 7) is 4.64. The van der Waals surface area contributed by atoms with Crippen LogP contribution in [0.2, 0.25) is 0 Å². The number of nitrogens with one attached hydrogen (secondary N) is 1. The van der Waals surface area contributed by atoms with Gasteiger partial charge in [0.15, 0.2) is 5.65 Å². The van der Waals surface area contributed by atoms with Crippen molar-refractivity contribution in [1.82, 2.24) is 19.7 Å². The molecule has 4 rings (SSSR count). The van der Waals surface area contributed by atoms with E-state index < -0.39 is 11.7 Å². The molecule has 1 saturated heterocycles. The maximum absolute atomic E-state index is 12.8. The SMILES string of the molecule is Cc1nn(C(C)c2ccc(C(F)(F)F)cc2)c2nc(C3CCOC3)[nH]c(=O)c12. The number of aryl methyl sites for hydroxylation is 1. The van der Waals surface area contributed by atoms with Crippen LogP contribution in [-0.4, -0.2) is 33.0 Å². The molecule has 3 heterocycles. The molecular formula is C19H19F3N4O2. The van der Waals surface area contributed by atoms with E-state index in [-0.39, 0.29) is 17.5 Å². The summed E-state index contributed by atoms with van der Waals surface area (Å²) in [6.07, 6.45) is -3.61. The summed E-state index contributed by atoms with van der Waals surface area (Å²) in [5.74, 6) is 0.568. The van der Waals surface area contributed by atoms with Crippen molar-refractivity contribution in [3.05, 3.63) is 57.3 Å². The molecule has 1 N–H and O–H groups in total. The van der Waals surface area contributed by atoms with Gasteiger partial charge in [0.1, 0.15) is 11.2 Å². The van der Waals surface area contributed by atoms with E-state index >= 15 is 0 Å². The van der Waals surface area contributed by atoms with E-state index in [1.807, 2.05) is 6.92 Å². The molecule has 2 aromatic heterocycles. The van der Waals surface area contributed by atoms with Crippen LogP contribution >= 0.6 is 0 Å². The summed E-state index contributed by atoms with van der Waals surface area (Å²) in [5, 5.41) is 4.84. The van der Waals surface area contributed by atoms with Crippen LogP contribution in [0.25, 0.3) is 11.0 Å². The highest BCUT2D eigenvalue weighted by atomic mass is 19.4. The Hall–Kier alpha value is -2.68. The number of rotatable bonds is 3. The number of aromatic nitrogens is 4. The van der Waals surface area contributed by atoms with Crippen molar-refractivity contribution in [2.75, 3.05) is 13.2 Å². The largest absolute Gasteiger partial charge is 0.416 e. The molecule has 0 saturated carbocycles. The van der Waals surface area contributed by atoms with E-state index in [9.17, 15) is 18.0 Å². The Morgan fingerprint density at radius 2 is 2.00 bits per heavy atom. The van der Waals surface area contributed by atoms with Gasteiger partial charge in [0.2, 0.25) is 0 Å². The molecule has 0 spiro atoms. The van der Waals surface area contributed by atoms with Gasteiger partial charge in [-0.3, -0.25) is 4.79 Å². The smallest absolute Gasteiger partial charge is 0.381 e. The van der Waals surface area contributed by atoms with E-state index in [1.54, 1.807) is 11.6 Å². The van der Waals surface area contributed by atoms with Crippen LogP contribution in [0, 0.1) is 6.92 Å². The lowest BCUT2D eigenvalue weighted by Gasteiger charge is -2.15. The zero-order chi connectivity index (χ0) is 20.1. The zero-order valence-corrected chi connectivity index (χ0v) is 15.4. The summed E-state index contributed by atoms with van der Waals surface area (Å²) >= 11 is 0. The van der Waals surface area contributed by atoms with Gasteiger partial charge in [-0.25, -0.2) is 9.67 Å². The van der Waals surface area contributed by atoms with Crippen molar-refractivity contribution in [2.24, 2.45) is 0 Å². The third-order valence-corrected chi connectivity index (χ3v) is 5.16. The highest BCUT2D eigenvalue weighted by Gasteiger charge is 2.30. The second-order valence-corrected chi connectivity index (χ2v) is 7.04. The molecule has 2 atom stereocenters. The first-order valence-electron chi connectivity index (χ1n) is 8.99. The Morgan fingerprint density at radius 3 is 2.61 bits per heavy atom. The lowest BCUT2D eigenvalue weighted by atomic mass is 10.1. The molecule has 1 fully saturated rings. The molecular weight excluding hydrogens is 373 g/mol. The van der Waals surface area contributed by atoms with Crippen molar-refractivity contribution in [2.45, 2.75) is 38.4 Å². The van der Waals surface area contributed by atoms with Gasteiger partial charge in [-0.15, -0.1) is 0 Å². The highest BCUT2D eigenvalue weighted by molar-refractivity contribution is 5.77. The molecule has 28 heavy (non-hydrogen) atoms. The first-order valence-corrected chi connectivity index (χ1v) is 8.99. The number of hydrogen-bond acceptors (Lipinski definition) is 4. The minimum atomic E-state index is -4.39. The van der Waals surface area contributed by atoms with E-state index in [0.29, 0.717) is 41.3 Å². The number of H-pyrrole nitrogens is 1. The van der Waals surface area contributed by atoms with Gasteiger partial charge < -0.3 is 9.72 Å². The number of nitrogens with zero attached hydrogens (tertiary/aromatic N) is 3. The molecule has 2 unspecified atom stereocenters.